The monoisotopic (exact) mass is 316 g/mol. The average molecular weight is 316 g/mol. The SMILES string of the molecule is CCCNC(CSc1nc(=O)c(=O)[nH]n1C)C(=O)OCC. The fourth-order valence-corrected chi connectivity index (χ4v) is 2.48. The minimum Gasteiger partial charge on any atom is -0.465 e. The average Bonchev–Trinajstić information content (AvgIpc) is 2.44. The topological polar surface area (TPSA) is 106 Å². The number of hydrogen-bond donors (Lipinski definition) is 2. The van der Waals surface area contributed by atoms with Gasteiger partial charge in [0, 0.05) is 12.8 Å². The number of carbonyl (C=O) groups excluding carboxylic acids is 1. The van der Waals surface area contributed by atoms with Crippen molar-refractivity contribution in [3.63, 3.8) is 0 Å². The lowest BCUT2D eigenvalue weighted by molar-refractivity contribution is -0.144. The van der Waals surface area contributed by atoms with Gasteiger partial charge < -0.3 is 10.1 Å². The van der Waals surface area contributed by atoms with E-state index in [4.69, 9.17) is 4.74 Å². The molecular formula is C12H20N4O4S. The van der Waals surface area contributed by atoms with Crippen molar-refractivity contribution < 1.29 is 9.53 Å². The second-order valence-electron chi connectivity index (χ2n) is 4.27. The number of thioether (sulfide) groups is 1. The van der Waals surface area contributed by atoms with E-state index in [9.17, 15) is 14.4 Å². The van der Waals surface area contributed by atoms with Gasteiger partial charge in [0.1, 0.15) is 6.04 Å². The zero-order valence-corrected chi connectivity index (χ0v) is 13.2. The van der Waals surface area contributed by atoms with Crippen LogP contribution in [0.2, 0.25) is 0 Å². The molecule has 0 saturated carbocycles. The number of rotatable bonds is 8. The maximum Gasteiger partial charge on any atom is 0.339 e. The molecule has 1 heterocycles. The smallest absolute Gasteiger partial charge is 0.339 e. The summed E-state index contributed by atoms with van der Waals surface area (Å²) in [5, 5.41) is 5.78. The Balaban J connectivity index is 2.76. The predicted molar refractivity (Wildman–Crippen MR) is 79.5 cm³/mol. The first-order valence-electron chi connectivity index (χ1n) is 6.69. The number of nitrogens with one attached hydrogen (secondary N) is 2. The summed E-state index contributed by atoms with van der Waals surface area (Å²) in [4.78, 5) is 37.9. The maximum absolute atomic E-state index is 11.8. The van der Waals surface area contributed by atoms with Crippen LogP contribution in [0, 0.1) is 0 Å². The third-order valence-corrected chi connectivity index (χ3v) is 3.66. The Bertz CT molecular complexity index is 583. The molecule has 9 heteroatoms. The van der Waals surface area contributed by atoms with Crippen molar-refractivity contribution in [3.05, 3.63) is 20.7 Å². The molecule has 2 N–H and O–H groups in total. The molecule has 1 aromatic rings. The number of ether oxygens (including phenoxy) is 1. The number of aromatic nitrogens is 3. The zero-order chi connectivity index (χ0) is 15.8. The van der Waals surface area contributed by atoms with Crippen LogP contribution in [0.4, 0.5) is 0 Å². The standard InChI is InChI=1S/C12H20N4O4S/c1-4-6-13-8(11(19)20-5-2)7-21-12-14-9(17)10(18)15-16(12)3/h8,13H,4-7H2,1-3H3,(H,15,18). The fraction of sp³-hybridized carbons (Fsp3) is 0.667. The van der Waals surface area contributed by atoms with E-state index in [0.717, 1.165) is 6.42 Å². The first kappa shape index (κ1) is 17.4. The third kappa shape index (κ3) is 5.35. The number of H-pyrrole nitrogens is 1. The van der Waals surface area contributed by atoms with E-state index >= 15 is 0 Å². The molecule has 1 aromatic heterocycles. The van der Waals surface area contributed by atoms with Gasteiger partial charge in [-0.15, -0.1) is 0 Å². The first-order chi connectivity index (χ1) is 9.99. The van der Waals surface area contributed by atoms with Crippen molar-refractivity contribution in [3.8, 4) is 0 Å². The van der Waals surface area contributed by atoms with Crippen LogP contribution in [0.5, 0.6) is 0 Å². The number of nitrogens with zero attached hydrogens (tertiary/aromatic N) is 2. The second kappa shape index (κ2) is 8.63. The Hall–Kier alpha value is -1.61. The molecule has 0 aliphatic rings. The molecular weight excluding hydrogens is 296 g/mol. The molecule has 0 bridgehead atoms. The molecule has 1 rings (SSSR count). The largest absolute Gasteiger partial charge is 0.465 e. The van der Waals surface area contributed by atoms with E-state index in [2.05, 4.69) is 15.4 Å². The molecule has 8 nitrogen and oxygen atoms in total. The summed E-state index contributed by atoms with van der Waals surface area (Å²) < 4.78 is 6.36. The van der Waals surface area contributed by atoms with Gasteiger partial charge in [0.2, 0.25) is 0 Å². The summed E-state index contributed by atoms with van der Waals surface area (Å²) in [7, 11) is 1.58. The molecule has 1 unspecified atom stereocenters. The van der Waals surface area contributed by atoms with Gasteiger partial charge >= 0.3 is 17.1 Å². The van der Waals surface area contributed by atoms with Gasteiger partial charge in [-0.3, -0.25) is 24.2 Å². The minimum atomic E-state index is -0.843. The van der Waals surface area contributed by atoms with E-state index in [1.54, 1.807) is 14.0 Å². The van der Waals surface area contributed by atoms with Crippen LogP contribution < -0.4 is 16.4 Å². The van der Waals surface area contributed by atoms with E-state index in [1.165, 1.54) is 16.4 Å². The number of carbonyl (C=O) groups is 1. The van der Waals surface area contributed by atoms with Crippen molar-refractivity contribution >= 4 is 17.7 Å². The van der Waals surface area contributed by atoms with Gasteiger partial charge in [-0.2, -0.15) is 4.98 Å². The summed E-state index contributed by atoms with van der Waals surface area (Å²) >= 11 is 1.20. The normalized spacial score (nSPS) is 12.1. The van der Waals surface area contributed by atoms with Crippen LogP contribution in [0.3, 0.4) is 0 Å². The fourth-order valence-electron chi connectivity index (χ4n) is 1.52. The number of esters is 1. The van der Waals surface area contributed by atoms with Crippen molar-refractivity contribution in [2.75, 3.05) is 18.9 Å². The van der Waals surface area contributed by atoms with Crippen LogP contribution in [0.15, 0.2) is 14.7 Å². The molecule has 0 spiro atoms. The molecule has 0 fully saturated rings. The Kier molecular flexibility index (Phi) is 7.17. The van der Waals surface area contributed by atoms with Crippen molar-refractivity contribution in [1.82, 2.24) is 20.1 Å². The van der Waals surface area contributed by atoms with Crippen LogP contribution in [-0.4, -0.2) is 45.7 Å². The molecule has 1 atom stereocenters. The molecule has 0 aliphatic carbocycles. The Labute approximate surface area is 126 Å². The highest BCUT2D eigenvalue weighted by Gasteiger charge is 2.20. The summed E-state index contributed by atoms with van der Waals surface area (Å²) in [5.41, 5.74) is -1.61. The van der Waals surface area contributed by atoms with E-state index < -0.39 is 17.2 Å². The van der Waals surface area contributed by atoms with Gasteiger partial charge in [-0.05, 0) is 19.9 Å². The number of aromatic amines is 1. The number of hydrogen-bond acceptors (Lipinski definition) is 7. The molecule has 0 aliphatic heterocycles. The second-order valence-corrected chi connectivity index (χ2v) is 5.26. The molecule has 118 valence electrons. The van der Waals surface area contributed by atoms with Crippen molar-refractivity contribution in [2.24, 2.45) is 7.05 Å². The van der Waals surface area contributed by atoms with E-state index in [0.29, 0.717) is 24.1 Å². The predicted octanol–water partition coefficient (Wildman–Crippen LogP) is -0.508. The molecule has 21 heavy (non-hydrogen) atoms. The maximum atomic E-state index is 11.8. The van der Waals surface area contributed by atoms with Crippen molar-refractivity contribution in [1.29, 1.82) is 0 Å². The first-order valence-corrected chi connectivity index (χ1v) is 7.68. The lowest BCUT2D eigenvalue weighted by atomic mass is 10.3. The molecule has 0 saturated heterocycles. The van der Waals surface area contributed by atoms with Gasteiger partial charge in [0.25, 0.3) is 0 Å². The highest BCUT2D eigenvalue weighted by molar-refractivity contribution is 7.99. The highest BCUT2D eigenvalue weighted by Crippen LogP contribution is 2.13. The van der Waals surface area contributed by atoms with E-state index in [-0.39, 0.29) is 5.97 Å². The van der Waals surface area contributed by atoms with Crippen molar-refractivity contribution in [2.45, 2.75) is 31.5 Å². The number of aryl methyl sites for hydroxylation is 1. The van der Waals surface area contributed by atoms with Gasteiger partial charge in [0.05, 0.1) is 6.61 Å². The summed E-state index contributed by atoms with van der Waals surface area (Å²) in [5.74, 6) is 0.0124. The van der Waals surface area contributed by atoms with Crippen LogP contribution >= 0.6 is 11.8 Å². The summed E-state index contributed by atoms with van der Waals surface area (Å²) in [6, 6.07) is -0.487. The van der Waals surface area contributed by atoms with Gasteiger partial charge in [-0.1, -0.05) is 18.7 Å². The van der Waals surface area contributed by atoms with Crippen LogP contribution in [-0.2, 0) is 16.6 Å². The van der Waals surface area contributed by atoms with E-state index in [1.807, 2.05) is 6.92 Å². The van der Waals surface area contributed by atoms with Gasteiger partial charge in [0.15, 0.2) is 5.16 Å². The lowest BCUT2D eigenvalue weighted by Crippen LogP contribution is -2.41. The highest BCUT2D eigenvalue weighted by atomic mass is 32.2. The van der Waals surface area contributed by atoms with Crippen LogP contribution in [0.1, 0.15) is 20.3 Å². The Morgan fingerprint density at radius 2 is 2.19 bits per heavy atom. The molecule has 0 amide bonds. The summed E-state index contributed by atoms with van der Waals surface area (Å²) in [6.07, 6.45) is 0.885. The third-order valence-electron chi connectivity index (χ3n) is 2.54. The quantitative estimate of drug-likeness (QED) is 0.378. The summed E-state index contributed by atoms with van der Waals surface area (Å²) in [6.45, 7) is 4.73. The zero-order valence-electron chi connectivity index (χ0n) is 12.3. The Morgan fingerprint density at radius 1 is 1.48 bits per heavy atom. The van der Waals surface area contributed by atoms with Crippen LogP contribution in [0.25, 0.3) is 0 Å². The lowest BCUT2D eigenvalue weighted by Gasteiger charge is -2.16. The van der Waals surface area contributed by atoms with Gasteiger partial charge in [-0.25, -0.2) is 0 Å². The Morgan fingerprint density at radius 3 is 2.81 bits per heavy atom. The minimum absolute atomic E-state index is 0.309. The molecule has 0 aromatic carbocycles. The molecule has 0 radical (unpaired) electrons.